The van der Waals surface area contributed by atoms with Crippen molar-refractivity contribution in [3.63, 3.8) is 0 Å². The second-order valence-electron chi connectivity index (χ2n) is 4.11. The predicted octanol–water partition coefficient (Wildman–Crippen LogP) is 0.873. The highest BCUT2D eigenvalue weighted by Crippen LogP contribution is 2.27. The first kappa shape index (κ1) is 12.0. The highest BCUT2D eigenvalue weighted by atomic mass is 19.1. The van der Waals surface area contributed by atoms with E-state index < -0.39 is 12.6 Å². The minimum atomic E-state index is -2.30. The van der Waals surface area contributed by atoms with Gasteiger partial charge < -0.3 is 10.2 Å². The first-order valence-electron chi connectivity index (χ1n) is 5.46. The molecule has 0 saturated carbocycles. The van der Waals surface area contributed by atoms with E-state index in [-0.39, 0.29) is 11.5 Å². The molecule has 17 heavy (non-hydrogen) atoms. The van der Waals surface area contributed by atoms with Crippen LogP contribution in [0.3, 0.4) is 0 Å². The fourth-order valence-electron chi connectivity index (χ4n) is 1.95. The molecule has 2 N–H and O–H groups in total. The standard InChI is InChI=1S/C12H14FNO3/c13-8-9-3-5-10(6-4-9)12(16,17)14-7-1-2-11(14)15/h3-6,16-17H,1-2,7-8H2. The Morgan fingerprint density at radius 3 is 2.41 bits per heavy atom. The summed E-state index contributed by atoms with van der Waals surface area (Å²) < 4.78 is 12.3. The molecule has 5 heteroatoms. The molecule has 0 aliphatic carbocycles. The van der Waals surface area contributed by atoms with Gasteiger partial charge >= 0.3 is 0 Å². The molecule has 1 fully saturated rings. The number of halogens is 1. The van der Waals surface area contributed by atoms with Crippen molar-refractivity contribution < 1.29 is 19.4 Å². The Kier molecular flexibility index (Phi) is 3.13. The van der Waals surface area contributed by atoms with Crippen LogP contribution in [0.5, 0.6) is 0 Å². The van der Waals surface area contributed by atoms with Gasteiger partial charge in [-0.2, -0.15) is 0 Å². The lowest BCUT2D eigenvalue weighted by molar-refractivity contribution is -0.262. The molecule has 1 aliphatic rings. The van der Waals surface area contributed by atoms with E-state index in [2.05, 4.69) is 0 Å². The third-order valence-corrected chi connectivity index (χ3v) is 2.95. The Bertz CT molecular complexity index is 416. The molecule has 2 rings (SSSR count). The Hall–Kier alpha value is -1.46. The monoisotopic (exact) mass is 239 g/mol. The summed E-state index contributed by atoms with van der Waals surface area (Å²) in [4.78, 5) is 12.5. The maximum atomic E-state index is 12.3. The van der Waals surface area contributed by atoms with Gasteiger partial charge in [-0.05, 0) is 12.0 Å². The highest BCUT2D eigenvalue weighted by Gasteiger charge is 2.39. The van der Waals surface area contributed by atoms with Crippen molar-refractivity contribution in [2.24, 2.45) is 0 Å². The first-order valence-corrected chi connectivity index (χ1v) is 5.46. The van der Waals surface area contributed by atoms with Crippen molar-refractivity contribution in [1.29, 1.82) is 0 Å². The molecule has 0 bridgehead atoms. The van der Waals surface area contributed by atoms with Crippen molar-refractivity contribution in [3.05, 3.63) is 35.4 Å². The molecule has 0 unspecified atom stereocenters. The van der Waals surface area contributed by atoms with Gasteiger partial charge in [-0.3, -0.25) is 9.69 Å². The number of rotatable bonds is 3. The molecule has 4 nitrogen and oxygen atoms in total. The SMILES string of the molecule is O=C1CCCN1C(O)(O)c1ccc(CF)cc1. The van der Waals surface area contributed by atoms with Crippen LogP contribution in [0.2, 0.25) is 0 Å². The van der Waals surface area contributed by atoms with Gasteiger partial charge in [-0.1, -0.05) is 24.3 Å². The lowest BCUT2D eigenvalue weighted by Crippen LogP contribution is -2.46. The number of aliphatic hydroxyl groups is 2. The van der Waals surface area contributed by atoms with E-state index in [1.165, 1.54) is 24.3 Å². The molecule has 92 valence electrons. The second-order valence-corrected chi connectivity index (χ2v) is 4.11. The number of amides is 1. The number of carbonyl (C=O) groups excluding carboxylic acids is 1. The van der Waals surface area contributed by atoms with Gasteiger partial charge in [0, 0.05) is 18.5 Å². The molecule has 1 saturated heterocycles. The van der Waals surface area contributed by atoms with E-state index in [1.54, 1.807) is 0 Å². The molecule has 1 aromatic carbocycles. The minimum Gasteiger partial charge on any atom is -0.345 e. The highest BCUT2D eigenvalue weighted by molar-refractivity contribution is 5.78. The van der Waals surface area contributed by atoms with Crippen LogP contribution in [0.1, 0.15) is 24.0 Å². The average molecular weight is 239 g/mol. The van der Waals surface area contributed by atoms with Gasteiger partial charge in [0.05, 0.1) is 0 Å². The maximum absolute atomic E-state index is 12.3. The number of hydrogen-bond acceptors (Lipinski definition) is 3. The number of likely N-dealkylation sites (tertiary alicyclic amines) is 1. The molecular formula is C12H14FNO3. The predicted molar refractivity (Wildman–Crippen MR) is 58.3 cm³/mol. The smallest absolute Gasteiger partial charge is 0.277 e. The lowest BCUT2D eigenvalue weighted by Gasteiger charge is -2.32. The van der Waals surface area contributed by atoms with Gasteiger partial charge in [-0.25, -0.2) is 4.39 Å². The average Bonchev–Trinajstić information content (AvgIpc) is 2.76. The Labute approximate surface area is 98.3 Å². The lowest BCUT2D eigenvalue weighted by atomic mass is 10.1. The van der Waals surface area contributed by atoms with Crippen molar-refractivity contribution in [2.75, 3.05) is 6.54 Å². The van der Waals surface area contributed by atoms with Gasteiger partial charge in [0.15, 0.2) is 0 Å². The molecule has 0 aromatic heterocycles. The normalized spacial score (nSPS) is 16.6. The third kappa shape index (κ3) is 2.16. The van der Waals surface area contributed by atoms with Crippen molar-refractivity contribution >= 4 is 5.91 Å². The van der Waals surface area contributed by atoms with Crippen LogP contribution >= 0.6 is 0 Å². The van der Waals surface area contributed by atoms with Gasteiger partial charge in [0.2, 0.25) is 5.91 Å². The summed E-state index contributed by atoms with van der Waals surface area (Å²) >= 11 is 0. The Morgan fingerprint density at radius 2 is 1.94 bits per heavy atom. The quantitative estimate of drug-likeness (QED) is 0.769. The zero-order valence-electron chi connectivity index (χ0n) is 9.27. The van der Waals surface area contributed by atoms with Crippen LogP contribution in [0.25, 0.3) is 0 Å². The number of nitrogens with zero attached hydrogens (tertiary/aromatic N) is 1. The van der Waals surface area contributed by atoms with Crippen LogP contribution in [0.4, 0.5) is 4.39 Å². The van der Waals surface area contributed by atoms with Crippen LogP contribution in [0.15, 0.2) is 24.3 Å². The summed E-state index contributed by atoms with van der Waals surface area (Å²) in [6, 6.07) is 5.77. The van der Waals surface area contributed by atoms with Crippen molar-refractivity contribution in [3.8, 4) is 0 Å². The summed E-state index contributed by atoms with van der Waals surface area (Å²) in [6.07, 6.45) is 0.940. The van der Waals surface area contributed by atoms with E-state index >= 15 is 0 Å². The van der Waals surface area contributed by atoms with Crippen LogP contribution in [0, 0.1) is 0 Å². The number of carbonyl (C=O) groups is 1. The van der Waals surface area contributed by atoms with Crippen molar-refractivity contribution in [2.45, 2.75) is 25.4 Å². The van der Waals surface area contributed by atoms with E-state index in [0.717, 1.165) is 4.90 Å². The van der Waals surface area contributed by atoms with Gasteiger partial charge in [0.1, 0.15) is 6.67 Å². The molecule has 0 spiro atoms. The van der Waals surface area contributed by atoms with Crippen LogP contribution in [-0.4, -0.2) is 27.6 Å². The van der Waals surface area contributed by atoms with E-state index in [9.17, 15) is 19.4 Å². The fraction of sp³-hybridized carbons (Fsp3) is 0.417. The topological polar surface area (TPSA) is 60.8 Å². The maximum Gasteiger partial charge on any atom is 0.277 e. The summed E-state index contributed by atoms with van der Waals surface area (Å²) in [7, 11) is 0. The first-order chi connectivity index (χ1) is 8.05. The Balaban J connectivity index is 2.26. The summed E-state index contributed by atoms with van der Waals surface area (Å²) in [6.45, 7) is -0.288. The van der Waals surface area contributed by atoms with E-state index in [4.69, 9.17) is 0 Å². The third-order valence-electron chi connectivity index (χ3n) is 2.95. The number of alkyl halides is 1. The van der Waals surface area contributed by atoms with Crippen LogP contribution in [-0.2, 0) is 17.4 Å². The van der Waals surface area contributed by atoms with Gasteiger partial charge in [0.25, 0.3) is 5.91 Å². The fourth-order valence-corrected chi connectivity index (χ4v) is 1.95. The molecule has 1 aromatic rings. The van der Waals surface area contributed by atoms with Crippen molar-refractivity contribution in [1.82, 2.24) is 4.90 Å². The molecule has 1 heterocycles. The van der Waals surface area contributed by atoms with Gasteiger partial charge in [-0.15, -0.1) is 0 Å². The second kappa shape index (κ2) is 4.43. The van der Waals surface area contributed by atoms with E-state index in [1.807, 2.05) is 0 Å². The summed E-state index contributed by atoms with van der Waals surface area (Å²) in [5.41, 5.74) is 0.627. The summed E-state index contributed by atoms with van der Waals surface area (Å²) in [5.74, 6) is -2.59. The minimum absolute atomic E-state index is 0.171. The molecule has 0 atom stereocenters. The number of benzene rings is 1. The van der Waals surface area contributed by atoms with E-state index in [0.29, 0.717) is 24.9 Å². The Morgan fingerprint density at radius 1 is 1.29 bits per heavy atom. The summed E-state index contributed by atoms with van der Waals surface area (Å²) in [5, 5.41) is 20.0. The molecule has 1 aliphatic heterocycles. The molecular weight excluding hydrogens is 225 g/mol. The number of hydrogen-bond donors (Lipinski definition) is 2. The largest absolute Gasteiger partial charge is 0.345 e. The van der Waals surface area contributed by atoms with Crippen LogP contribution < -0.4 is 0 Å². The molecule has 1 amide bonds. The zero-order valence-corrected chi connectivity index (χ0v) is 9.27. The zero-order chi connectivity index (χ0) is 12.5. The molecule has 0 radical (unpaired) electrons.